The highest BCUT2D eigenvalue weighted by Gasteiger charge is 2.30. The van der Waals surface area contributed by atoms with Gasteiger partial charge in [0.2, 0.25) is 5.91 Å². The van der Waals surface area contributed by atoms with Crippen LogP contribution in [0.1, 0.15) is 42.5 Å². The maximum Gasteiger partial charge on any atom is 0.229 e. The molecule has 1 aliphatic rings. The van der Waals surface area contributed by atoms with Crippen LogP contribution in [0.5, 0.6) is 0 Å². The van der Waals surface area contributed by atoms with Gasteiger partial charge in [0, 0.05) is 42.4 Å². The molecule has 4 aromatic rings. The Labute approximate surface area is 188 Å². The van der Waals surface area contributed by atoms with Crippen molar-refractivity contribution in [1.29, 1.82) is 0 Å². The van der Waals surface area contributed by atoms with Gasteiger partial charge in [0.15, 0.2) is 21.4 Å². The average molecular weight is 447 g/mol. The van der Waals surface area contributed by atoms with Crippen molar-refractivity contribution in [2.24, 2.45) is 5.92 Å². The van der Waals surface area contributed by atoms with Crippen molar-refractivity contribution in [2.45, 2.75) is 38.6 Å². The number of nitrogens with zero attached hydrogens (tertiary/aromatic N) is 5. The van der Waals surface area contributed by atoms with Gasteiger partial charge in [0.25, 0.3) is 0 Å². The fourth-order valence-electron chi connectivity index (χ4n) is 3.44. The Morgan fingerprint density at radius 1 is 1.12 bits per heavy atom. The number of carbonyl (C=O) groups is 2. The summed E-state index contributed by atoms with van der Waals surface area (Å²) in [4.78, 5) is 42.5. The molecular weight excluding hydrogens is 424 g/mol. The third kappa shape index (κ3) is 4.72. The van der Waals surface area contributed by atoms with E-state index >= 15 is 0 Å². The van der Waals surface area contributed by atoms with Crippen LogP contribution in [0.2, 0.25) is 0 Å². The molecule has 9 heteroatoms. The summed E-state index contributed by atoms with van der Waals surface area (Å²) in [5, 5.41) is 3.38. The smallest absolute Gasteiger partial charge is 0.229 e. The zero-order valence-corrected chi connectivity index (χ0v) is 18.2. The molecule has 0 radical (unpaired) electrons. The monoisotopic (exact) mass is 446 g/mol. The molecule has 0 unspecified atom stereocenters. The largest absolute Gasteiger partial charge is 0.337 e. The maximum absolute atomic E-state index is 12.5. The Bertz CT molecular complexity index is 1250. The molecule has 0 atom stereocenters. The molecule has 8 nitrogen and oxygen atoms in total. The van der Waals surface area contributed by atoms with E-state index in [1.807, 2.05) is 35.0 Å². The standard InChI is InChI=1S/C23H22N6O2S/c30-19(3-1-2-11-29-12-10-24-14-29)16-6-4-15(5-7-16)18-13-25-20-22(26-18)32-23(27-20)28-21(31)17-8-9-17/h4-7,10,12-14,17H,1-3,8-9,11H2,(H,25,27,28,31). The molecule has 1 amide bonds. The number of Topliss-reactive ketones (excluding diaryl/α,β-unsaturated/α-hetero) is 1. The third-order valence-corrected chi connectivity index (χ3v) is 6.29. The van der Waals surface area contributed by atoms with Gasteiger partial charge in [-0.15, -0.1) is 0 Å². The number of hydrogen-bond donors (Lipinski definition) is 1. The zero-order chi connectivity index (χ0) is 21.9. The van der Waals surface area contributed by atoms with Crippen LogP contribution in [0.25, 0.3) is 21.7 Å². The van der Waals surface area contributed by atoms with E-state index < -0.39 is 0 Å². The molecule has 1 N–H and O–H groups in total. The molecule has 3 heterocycles. The third-order valence-electron chi connectivity index (χ3n) is 5.43. The van der Waals surface area contributed by atoms with E-state index in [0.717, 1.165) is 37.8 Å². The van der Waals surface area contributed by atoms with Gasteiger partial charge in [0.1, 0.15) is 0 Å². The quantitative estimate of drug-likeness (QED) is 0.303. The Balaban J connectivity index is 1.20. The van der Waals surface area contributed by atoms with Gasteiger partial charge >= 0.3 is 0 Å². The number of carbonyl (C=O) groups excluding carboxylic acids is 2. The van der Waals surface area contributed by atoms with Crippen LogP contribution in [-0.4, -0.2) is 36.2 Å². The highest BCUT2D eigenvalue weighted by Crippen LogP contribution is 2.32. The highest BCUT2D eigenvalue weighted by atomic mass is 32.1. The first-order valence-corrected chi connectivity index (χ1v) is 11.5. The van der Waals surface area contributed by atoms with E-state index in [1.165, 1.54) is 11.3 Å². The molecule has 32 heavy (non-hydrogen) atoms. The number of amides is 1. The number of anilines is 1. The Morgan fingerprint density at radius 2 is 1.97 bits per heavy atom. The summed E-state index contributed by atoms with van der Waals surface area (Å²) in [6.45, 7) is 0.872. The number of rotatable bonds is 9. The van der Waals surface area contributed by atoms with Crippen molar-refractivity contribution in [3.8, 4) is 11.3 Å². The van der Waals surface area contributed by atoms with Crippen molar-refractivity contribution in [1.82, 2.24) is 24.5 Å². The van der Waals surface area contributed by atoms with Crippen molar-refractivity contribution >= 4 is 38.6 Å². The van der Waals surface area contributed by atoms with Gasteiger partial charge in [-0.1, -0.05) is 35.6 Å². The molecule has 1 saturated carbocycles. The van der Waals surface area contributed by atoms with Gasteiger partial charge in [0.05, 0.1) is 18.2 Å². The molecule has 1 aromatic carbocycles. The Hall–Kier alpha value is -3.46. The lowest BCUT2D eigenvalue weighted by Crippen LogP contribution is -2.12. The van der Waals surface area contributed by atoms with Crippen molar-refractivity contribution in [3.63, 3.8) is 0 Å². The van der Waals surface area contributed by atoms with Crippen LogP contribution in [0, 0.1) is 5.92 Å². The predicted octanol–water partition coefficient (Wildman–Crippen LogP) is 4.35. The first-order valence-electron chi connectivity index (χ1n) is 10.7. The van der Waals surface area contributed by atoms with E-state index in [1.54, 1.807) is 18.7 Å². The number of ketones is 1. The van der Waals surface area contributed by atoms with Gasteiger partial charge in [-0.2, -0.15) is 4.98 Å². The van der Waals surface area contributed by atoms with Crippen LogP contribution in [-0.2, 0) is 11.3 Å². The van der Waals surface area contributed by atoms with Gasteiger partial charge in [-0.25, -0.2) is 15.0 Å². The number of thiazole rings is 1. The zero-order valence-electron chi connectivity index (χ0n) is 17.4. The fraction of sp³-hybridized carbons (Fsp3) is 0.304. The van der Waals surface area contributed by atoms with Crippen molar-refractivity contribution < 1.29 is 9.59 Å². The molecule has 5 rings (SSSR count). The number of unbranched alkanes of at least 4 members (excludes halogenated alkanes) is 1. The SMILES string of the molecule is O=C(CCCCn1ccnc1)c1ccc(-c2cnc3nc(NC(=O)C4CC4)sc3n2)cc1. The number of nitrogens with one attached hydrogen (secondary N) is 1. The molecule has 1 aliphatic carbocycles. The number of hydrogen-bond acceptors (Lipinski definition) is 7. The second kappa shape index (κ2) is 8.96. The van der Waals surface area contributed by atoms with Crippen LogP contribution in [0.4, 0.5) is 5.13 Å². The minimum atomic E-state index is 0.0197. The minimum Gasteiger partial charge on any atom is -0.337 e. The van der Waals surface area contributed by atoms with E-state index in [2.05, 4.69) is 25.3 Å². The lowest BCUT2D eigenvalue weighted by molar-refractivity contribution is -0.117. The average Bonchev–Trinajstić information content (AvgIpc) is 3.39. The number of imidazole rings is 1. The number of aromatic nitrogens is 5. The number of fused-ring (bicyclic) bond motifs is 1. The fourth-order valence-corrected chi connectivity index (χ4v) is 4.24. The van der Waals surface area contributed by atoms with Crippen molar-refractivity contribution in [3.05, 3.63) is 54.7 Å². The van der Waals surface area contributed by atoms with Gasteiger partial charge in [-0.3, -0.25) is 9.59 Å². The number of aryl methyl sites for hydroxylation is 1. The normalized spacial score (nSPS) is 13.4. The highest BCUT2D eigenvalue weighted by molar-refractivity contribution is 7.21. The molecule has 0 bridgehead atoms. The second-order valence-corrected chi connectivity index (χ2v) is 8.90. The van der Waals surface area contributed by atoms with E-state index in [-0.39, 0.29) is 17.6 Å². The molecule has 162 valence electrons. The molecule has 0 saturated heterocycles. The van der Waals surface area contributed by atoms with E-state index in [0.29, 0.717) is 33.3 Å². The van der Waals surface area contributed by atoms with Crippen molar-refractivity contribution in [2.75, 3.05) is 5.32 Å². The van der Waals surface area contributed by atoms with Crippen LogP contribution >= 0.6 is 11.3 Å². The summed E-state index contributed by atoms with van der Waals surface area (Å²) >= 11 is 1.32. The molecule has 0 aliphatic heterocycles. The van der Waals surface area contributed by atoms with Gasteiger partial charge < -0.3 is 9.88 Å². The van der Waals surface area contributed by atoms with Crippen LogP contribution in [0.15, 0.2) is 49.2 Å². The van der Waals surface area contributed by atoms with Crippen LogP contribution < -0.4 is 5.32 Å². The first-order chi connectivity index (χ1) is 15.7. The molecule has 0 spiro atoms. The lowest BCUT2D eigenvalue weighted by Gasteiger charge is -2.04. The maximum atomic E-state index is 12.5. The Morgan fingerprint density at radius 3 is 2.72 bits per heavy atom. The first kappa shape index (κ1) is 20.4. The van der Waals surface area contributed by atoms with Gasteiger partial charge in [-0.05, 0) is 25.7 Å². The van der Waals surface area contributed by atoms with E-state index in [4.69, 9.17) is 0 Å². The number of benzene rings is 1. The van der Waals surface area contributed by atoms with Crippen LogP contribution in [0.3, 0.4) is 0 Å². The summed E-state index contributed by atoms with van der Waals surface area (Å²) in [7, 11) is 0. The second-order valence-electron chi connectivity index (χ2n) is 7.92. The summed E-state index contributed by atoms with van der Waals surface area (Å²) in [5.41, 5.74) is 2.81. The minimum absolute atomic E-state index is 0.0197. The molecular formula is C23H22N6O2S. The summed E-state index contributed by atoms with van der Waals surface area (Å²) in [6, 6.07) is 7.47. The topological polar surface area (TPSA) is 103 Å². The molecule has 1 fully saturated rings. The van der Waals surface area contributed by atoms with E-state index in [9.17, 15) is 9.59 Å². The summed E-state index contributed by atoms with van der Waals surface area (Å²) in [5.74, 6) is 0.282. The Kier molecular flexibility index (Phi) is 5.72. The summed E-state index contributed by atoms with van der Waals surface area (Å²) < 4.78 is 2.02. The molecule has 3 aromatic heterocycles. The lowest BCUT2D eigenvalue weighted by atomic mass is 10.0. The summed E-state index contributed by atoms with van der Waals surface area (Å²) in [6.07, 6.45) is 11.3. The predicted molar refractivity (Wildman–Crippen MR) is 122 cm³/mol.